The Morgan fingerprint density at radius 2 is 1.90 bits per heavy atom. The molecule has 3 rings (SSSR count). The van der Waals surface area contributed by atoms with Gasteiger partial charge in [-0.15, -0.1) is 0 Å². The van der Waals surface area contributed by atoms with Crippen molar-refractivity contribution in [2.75, 3.05) is 6.61 Å². The molecule has 1 aromatic rings. The molecule has 108 valence electrons. The predicted molar refractivity (Wildman–Crippen MR) is 78.3 cm³/mol. The number of nitrogens with one attached hydrogen (secondary N) is 1. The maximum atomic E-state index is 12.7. The highest BCUT2D eigenvalue weighted by Crippen LogP contribution is 2.48. The van der Waals surface area contributed by atoms with Gasteiger partial charge in [0.15, 0.2) is 0 Å². The lowest BCUT2D eigenvalue weighted by atomic mass is 9.84. The van der Waals surface area contributed by atoms with Gasteiger partial charge in [0.2, 0.25) is 5.91 Å². The molecule has 2 saturated carbocycles. The van der Waals surface area contributed by atoms with E-state index in [0.29, 0.717) is 0 Å². The average Bonchev–Trinajstić information content (AvgIpc) is 3.30. The Bertz CT molecular complexity index is 467. The summed E-state index contributed by atoms with van der Waals surface area (Å²) in [6.45, 7) is 0.184. The Labute approximate surface area is 120 Å². The second-order valence-electron chi connectivity index (χ2n) is 6.26. The van der Waals surface area contributed by atoms with Crippen LogP contribution in [0.25, 0.3) is 0 Å². The number of benzene rings is 1. The Hall–Kier alpha value is -1.35. The third kappa shape index (κ3) is 2.47. The minimum atomic E-state index is -0.293. The van der Waals surface area contributed by atoms with Crippen LogP contribution in [0.2, 0.25) is 0 Å². The van der Waals surface area contributed by atoms with E-state index in [4.69, 9.17) is 0 Å². The number of aliphatic hydroxyl groups excluding tert-OH is 1. The highest BCUT2D eigenvalue weighted by atomic mass is 16.3. The molecule has 0 radical (unpaired) electrons. The molecule has 20 heavy (non-hydrogen) atoms. The number of aliphatic hydroxyl groups is 1. The standard InChI is InChI=1S/C17H23NO2/c19-12-13-6-4-5-9-15(13)18-16(20)17(10-11-17)14-7-2-1-3-8-14/h1-3,7-8,13,15,19H,4-6,9-12H2,(H,18,20). The van der Waals surface area contributed by atoms with Crippen molar-refractivity contribution in [3.63, 3.8) is 0 Å². The van der Waals surface area contributed by atoms with E-state index >= 15 is 0 Å². The van der Waals surface area contributed by atoms with Crippen LogP contribution < -0.4 is 5.32 Å². The molecule has 0 bridgehead atoms. The fraction of sp³-hybridized carbons (Fsp3) is 0.588. The second kappa shape index (κ2) is 5.57. The van der Waals surface area contributed by atoms with Gasteiger partial charge in [0.25, 0.3) is 0 Å². The van der Waals surface area contributed by atoms with Gasteiger partial charge < -0.3 is 10.4 Å². The van der Waals surface area contributed by atoms with E-state index in [2.05, 4.69) is 17.4 Å². The molecule has 1 amide bonds. The van der Waals surface area contributed by atoms with Gasteiger partial charge in [-0.05, 0) is 31.2 Å². The van der Waals surface area contributed by atoms with Gasteiger partial charge in [-0.1, -0.05) is 43.2 Å². The smallest absolute Gasteiger partial charge is 0.230 e. The lowest BCUT2D eigenvalue weighted by Crippen LogP contribution is -2.47. The molecule has 0 aromatic heterocycles. The van der Waals surface area contributed by atoms with E-state index in [1.165, 1.54) is 6.42 Å². The molecule has 3 nitrogen and oxygen atoms in total. The van der Waals surface area contributed by atoms with Crippen molar-refractivity contribution in [3.05, 3.63) is 35.9 Å². The molecule has 2 atom stereocenters. The molecule has 2 aliphatic rings. The molecule has 2 aliphatic carbocycles. The van der Waals surface area contributed by atoms with Gasteiger partial charge in [-0.2, -0.15) is 0 Å². The van der Waals surface area contributed by atoms with Crippen LogP contribution >= 0.6 is 0 Å². The van der Waals surface area contributed by atoms with Gasteiger partial charge in [-0.3, -0.25) is 4.79 Å². The molecule has 0 saturated heterocycles. The van der Waals surface area contributed by atoms with Crippen molar-refractivity contribution < 1.29 is 9.90 Å². The lowest BCUT2D eigenvalue weighted by Gasteiger charge is -2.32. The van der Waals surface area contributed by atoms with E-state index in [-0.39, 0.29) is 29.9 Å². The first-order chi connectivity index (χ1) is 9.76. The van der Waals surface area contributed by atoms with Crippen molar-refractivity contribution in [2.24, 2.45) is 5.92 Å². The summed E-state index contributed by atoms with van der Waals surface area (Å²) in [6, 6.07) is 10.2. The van der Waals surface area contributed by atoms with E-state index in [1.807, 2.05) is 18.2 Å². The number of hydrogen-bond donors (Lipinski definition) is 2. The fourth-order valence-corrected chi connectivity index (χ4v) is 3.45. The quantitative estimate of drug-likeness (QED) is 0.885. The Morgan fingerprint density at radius 3 is 2.55 bits per heavy atom. The summed E-state index contributed by atoms with van der Waals surface area (Å²) in [7, 11) is 0. The summed E-state index contributed by atoms with van der Waals surface area (Å²) < 4.78 is 0. The molecular weight excluding hydrogens is 250 g/mol. The minimum Gasteiger partial charge on any atom is -0.396 e. The van der Waals surface area contributed by atoms with Gasteiger partial charge in [0.05, 0.1) is 5.41 Å². The summed E-state index contributed by atoms with van der Waals surface area (Å²) in [5.74, 6) is 0.397. The van der Waals surface area contributed by atoms with Crippen LogP contribution in [0.1, 0.15) is 44.1 Å². The number of hydrogen-bond acceptors (Lipinski definition) is 2. The number of carbonyl (C=O) groups is 1. The van der Waals surface area contributed by atoms with Crippen LogP contribution in [0, 0.1) is 5.92 Å². The molecule has 2 N–H and O–H groups in total. The molecule has 0 heterocycles. The second-order valence-corrected chi connectivity index (χ2v) is 6.26. The molecule has 0 aliphatic heterocycles. The van der Waals surface area contributed by atoms with Gasteiger partial charge in [0.1, 0.15) is 0 Å². The third-order valence-corrected chi connectivity index (χ3v) is 4.97. The Morgan fingerprint density at radius 1 is 1.20 bits per heavy atom. The zero-order valence-electron chi connectivity index (χ0n) is 11.8. The highest BCUT2D eigenvalue weighted by Gasteiger charge is 2.51. The normalized spacial score (nSPS) is 27.9. The van der Waals surface area contributed by atoms with Gasteiger partial charge >= 0.3 is 0 Å². The van der Waals surface area contributed by atoms with Crippen LogP contribution in [-0.2, 0) is 10.2 Å². The molecule has 1 aromatic carbocycles. The first-order valence-corrected chi connectivity index (χ1v) is 7.73. The highest BCUT2D eigenvalue weighted by molar-refractivity contribution is 5.91. The van der Waals surface area contributed by atoms with E-state index < -0.39 is 0 Å². The fourth-order valence-electron chi connectivity index (χ4n) is 3.45. The summed E-state index contributed by atoms with van der Waals surface area (Å²) in [4.78, 5) is 12.7. The minimum absolute atomic E-state index is 0.155. The Balaban J connectivity index is 1.70. The van der Waals surface area contributed by atoms with Crippen LogP contribution in [0.15, 0.2) is 30.3 Å². The third-order valence-electron chi connectivity index (χ3n) is 4.97. The van der Waals surface area contributed by atoms with Crippen LogP contribution in [-0.4, -0.2) is 23.7 Å². The first kappa shape index (κ1) is 13.6. The summed E-state index contributed by atoms with van der Waals surface area (Å²) in [6.07, 6.45) is 6.24. The van der Waals surface area contributed by atoms with Crippen molar-refractivity contribution in [2.45, 2.75) is 50.0 Å². The van der Waals surface area contributed by atoms with Gasteiger partial charge in [-0.25, -0.2) is 0 Å². The lowest BCUT2D eigenvalue weighted by molar-refractivity contribution is -0.125. The number of amides is 1. The summed E-state index contributed by atoms with van der Waals surface area (Å²) in [5.41, 5.74) is 0.840. The number of rotatable bonds is 4. The zero-order valence-corrected chi connectivity index (χ0v) is 11.8. The molecular formula is C17H23NO2. The zero-order chi connectivity index (χ0) is 14.0. The summed E-state index contributed by atoms with van der Waals surface area (Å²) in [5, 5.41) is 12.7. The van der Waals surface area contributed by atoms with E-state index in [0.717, 1.165) is 37.7 Å². The van der Waals surface area contributed by atoms with Gasteiger partial charge in [0, 0.05) is 18.6 Å². The maximum absolute atomic E-state index is 12.7. The van der Waals surface area contributed by atoms with Crippen molar-refractivity contribution in [1.29, 1.82) is 0 Å². The van der Waals surface area contributed by atoms with E-state index in [1.54, 1.807) is 0 Å². The van der Waals surface area contributed by atoms with Crippen LogP contribution in [0.5, 0.6) is 0 Å². The first-order valence-electron chi connectivity index (χ1n) is 7.73. The molecule has 3 heteroatoms. The summed E-state index contributed by atoms with van der Waals surface area (Å²) >= 11 is 0. The molecule has 2 fully saturated rings. The van der Waals surface area contributed by atoms with Crippen molar-refractivity contribution >= 4 is 5.91 Å². The van der Waals surface area contributed by atoms with Crippen molar-refractivity contribution in [3.8, 4) is 0 Å². The van der Waals surface area contributed by atoms with Crippen LogP contribution in [0.4, 0.5) is 0 Å². The topological polar surface area (TPSA) is 49.3 Å². The SMILES string of the molecule is O=C(NC1CCCCC1CO)C1(c2ccccc2)CC1. The monoisotopic (exact) mass is 273 g/mol. The average molecular weight is 273 g/mol. The molecule has 2 unspecified atom stereocenters. The predicted octanol–water partition coefficient (Wildman–Crippen LogP) is 2.39. The molecule has 0 spiro atoms. The maximum Gasteiger partial charge on any atom is 0.230 e. The van der Waals surface area contributed by atoms with E-state index in [9.17, 15) is 9.90 Å². The Kier molecular flexibility index (Phi) is 3.79. The van der Waals surface area contributed by atoms with Crippen molar-refractivity contribution in [1.82, 2.24) is 5.32 Å². The number of carbonyl (C=O) groups excluding carboxylic acids is 1. The largest absolute Gasteiger partial charge is 0.396 e. The van der Waals surface area contributed by atoms with Crippen LogP contribution in [0.3, 0.4) is 0 Å².